The van der Waals surface area contributed by atoms with Gasteiger partial charge in [0.15, 0.2) is 0 Å². The molecule has 1 unspecified atom stereocenters. The van der Waals surface area contributed by atoms with Gasteiger partial charge in [-0.05, 0) is 42.8 Å². The fourth-order valence-corrected chi connectivity index (χ4v) is 3.25. The summed E-state index contributed by atoms with van der Waals surface area (Å²) in [6, 6.07) is 13.6. The second-order valence-corrected chi connectivity index (χ2v) is 6.40. The molecular weight excluding hydrogens is 314 g/mol. The average molecular weight is 333 g/mol. The fraction of sp³-hybridized carbons (Fsp3) is 0.211. The van der Waals surface area contributed by atoms with E-state index in [0.29, 0.717) is 5.56 Å². The Balaban J connectivity index is 1.63. The van der Waals surface area contributed by atoms with E-state index in [9.17, 15) is 4.79 Å². The van der Waals surface area contributed by atoms with Crippen LogP contribution in [-0.4, -0.2) is 34.7 Å². The number of carbonyl (C=O) groups is 1. The van der Waals surface area contributed by atoms with Crippen LogP contribution < -0.4 is 10.2 Å². The lowest BCUT2D eigenvalue weighted by molar-refractivity contribution is 0.102. The first-order valence-corrected chi connectivity index (χ1v) is 8.20. The highest BCUT2D eigenvalue weighted by Crippen LogP contribution is 2.38. The Morgan fingerprint density at radius 3 is 2.76 bits per heavy atom. The van der Waals surface area contributed by atoms with Crippen LogP contribution in [0.2, 0.25) is 0 Å². The van der Waals surface area contributed by atoms with Crippen LogP contribution in [0, 0.1) is 6.92 Å². The summed E-state index contributed by atoms with van der Waals surface area (Å²) in [4.78, 5) is 19.1. The average Bonchev–Trinajstić information content (AvgIpc) is 3.25. The molecule has 0 spiro atoms. The van der Waals surface area contributed by atoms with E-state index < -0.39 is 0 Å². The number of H-pyrrole nitrogens is 1. The van der Waals surface area contributed by atoms with Gasteiger partial charge < -0.3 is 10.2 Å². The Bertz CT molecular complexity index is 902. The van der Waals surface area contributed by atoms with Crippen LogP contribution in [0.15, 0.2) is 48.8 Å². The number of aromatic nitrogens is 3. The number of hydrogen-bond donors (Lipinski definition) is 2. The zero-order chi connectivity index (χ0) is 17.4. The van der Waals surface area contributed by atoms with Crippen molar-refractivity contribution in [1.29, 1.82) is 0 Å². The Hall–Kier alpha value is -3.15. The van der Waals surface area contributed by atoms with Gasteiger partial charge >= 0.3 is 0 Å². The molecule has 6 nitrogen and oxygen atoms in total. The van der Waals surface area contributed by atoms with Crippen LogP contribution in [-0.2, 0) is 0 Å². The molecule has 2 N–H and O–H groups in total. The van der Waals surface area contributed by atoms with Gasteiger partial charge in [-0.15, -0.1) is 0 Å². The number of anilines is 2. The molecule has 25 heavy (non-hydrogen) atoms. The number of hydrogen-bond acceptors (Lipinski definition) is 4. The molecular formula is C19H19N5O. The summed E-state index contributed by atoms with van der Waals surface area (Å²) in [6.07, 6.45) is 1.52. The number of nitrogens with one attached hydrogen (secondary N) is 2. The third-order valence-corrected chi connectivity index (χ3v) is 4.61. The summed E-state index contributed by atoms with van der Waals surface area (Å²) >= 11 is 0. The molecule has 4 rings (SSSR count). The van der Waals surface area contributed by atoms with E-state index in [0.717, 1.165) is 34.9 Å². The van der Waals surface area contributed by atoms with Crippen LogP contribution in [0.5, 0.6) is 0 Å². The summed E-state index contributed by atoms with van der Waals surface area (Å²) < 4.78 is 0. The van der Waals surface area contributed by atoms with Crippen molar-refractivity contribution in [1.82, 2.24) is 15.2 Å². The van der Waals surface area contributed by atoms with E-state index >= 15 is 0 Å². The van der Waals surface area contributed by atoms with Crippen LogP contribution in [0.1, 0.15) is 33.2 Å². The van der Waals surface area contributed by atoms with Crippen molar-refractivity contribution in [3.63, 3.8) is 0 Å². The van der Waals surface area contributed by atoms with Crippen molar-refractivity contribution in [3.05, 3.63) is 71.3 Å². The van der Waals surface area contributed by atoms with E-state index in [1.807, 2.05) is 56.4 Å². The number of amides is 1. The topological polar surface area (TPSA) is 73.9 Å². The highest BCUT2D eigenvalue weighted by molar-refractivity contribution is 6.04. The molecule has 0 saturated carbocycles. The molecule has 2 aromatic carbocycles. The van der Waals surface area contributed by atoms with Crippen LogP contribution in [0.3, 0.4) is 0 Å². The molecule has 0 saturated heterocycles. The van der Waals surface area contributed by atoms with Crippen molar-refractivity contribution in [2.24, 2.45) is 0 Å². The number of aryl methyl sites for hydroxylation is 1. The number of benzene rings is 2. The van der Waals surface area contributed by atoms with Gasteiger partial charge in [-0.25, -0.2) is 4.98 Å². The SMILES string of the molecule is Cc1ccc(NC(=O)c2ccc3c(c2)C(c2ncn[nH]2)CN3C)cc1. The lowest BCUT2D eigenvalue weighted by Gasteiger charge is -2.12. The van der Waals surface area contributed by atoms with Gasteiger partial charge in [0.25, 0.3) is 5.91 Å². The van der Waals surface area contributed by atoms with E-state index in [4.69, 9.17) is 0 Å². The maximum atomic E-state index is 12.6. The molecule has 0 radical (unpaired) electrons. The summed E-state index contributed by atoms with van der Waals surface area (Å²) in [5.74, 6) is 0.800. The fourth-order valence-electron chi connectivity index (χ4n) is 3.25. The molecule has 1 amide bonds. The molecule has 6 heteroatoms. The van der Waals surface area contributed by atoms with E-state index in [-0.39, 0.29) is 11.8 Å². The maximum Gasteiger partial charge on any atom is 0.255 e. The Labute approximate surface area is 145 Å². The quantitative estimate of drug-likeness (QED) is 0.773. The number of likely N-dealkylation sites (N-methyl/N-ethyl adjacent to an activating group) is 1. The van der Waals surface area contributed by atoms with Gasteiger partial charge in [0.2, 0.25) is 0 Å². The largest absolute Gasteiger partial charge is 0.373 e. The van der Waals surface area contributed by atoms with Crippen LogP contribution in [0.25, 0.3) is 0 Å². The first-order chi connectivity index (χ1) is 12.1. The molecule has 3 aromatic rings. The summed E-state index contributed by atoms with van der Waals surface area (Å²) in [6.45, 7) is 2.83. The minimum atomic E-state index is -0.113. The Morgan fingerprint density at radius 2 is 2.04 bits per heavy atom. The van der Waals surface area contributed by atoms with E-state index in [1.165, 1.54) is 6.33 Å². The molecule has 1 aliphatic rings. The zero-order valence-electron chi connectivity index (χ0n) is 14.2. The van der Waals surface area contributed by atoms with Crippen molar-refractivity contribution in [2.75, 3.05) is 23.8 Å². The second kappa shape index (κ2) is 6.05. The smallest absolute Gasteiger partial charge is 0.255 e. The molecule has 126 valence electrons. The number of carbonyl (C=O) groups excluding carboxylic acids is 1. The highest BCUT2D eigenvalue weighted by atomic mass is 16.1. The third kappa shape index (κ3) is 2.87. The lowest BCUT2D eigenvalue weighted by Crippen LogP contribution is -2.16. The Morgan fingerprint density at radius 1 is 1.24 bits per heavy atom. The van der Waals surface area contributed by atoms with Crippen LogP contribution >= 0.6 is 0 Å². The van der Waals surface area contributed by atoms with E-state index in [1.54, 1.807) is 0 Å². The van der Waals surface area contributed by atoms with Gasteiger partial charge in [-0.3, -0.25) is 9.89 Å². The third-order valence-electron chi connectivity index (χ3n) is 4.61. The van der Waals surface area contributed by atoms with Gasteiger partial charge in [-0.2, -0.15) is 5.10 Å². The van der Waals surface area contributed by atoms with E-state index in [2.05, 4.69) is 25.4 Å². The summed E-state index contributed by atoms with van der Waals surface area (Å²) in [5.41, 5.74) is 4.80. The number of aromatic amines is 1. The van der Waals surface area contributed by atoms with Crippen molar-refractivity contribution in [3.8, 4) is 0 Å². The van der Waals surface area contributed by atoms with Gasteiger partial charge in [-0.1, -0.05) is 17.7 Å². The predicted octanol–water partition coefficient (Wildman–Crippen LogP) is 2.95. The predicted molar refractivity (Wildman–Crippen MR) is 97.1 cm³/mol. The van der Waals surface area contributed by atoms with Crippen molar-refractivity contribution < 1.29 is 4.79 Å². The summed E-state index contributed by atoms with van der Waals surface area (Å²) in [7, 11) is 2.04. The highest BCUT2D eigenvalue weighted by Gasteiger charge is 2.30. The molecule has 0 aliphatic carbocycles. The van der Waals surface area contributed by atoms with Gasteiger partial charge in [0.05, 0.1) is 5.92 Å². The van der Waals surface area contributed by atoms with Crippen molar-refractivity contribution >= 4 is 17.3 Å². The normalized spacial score (nSPS) is 15.9. The van der Waals surface area contributed by atoms with Gasteiger partial charge in [0, 0.05) is 30.5 Å². The lowest BCUT2D eigenvalue weighted by atomic mass is 9.98. The monoisotopic (exact) mass is 333 g/mol. The minimum absolute atomic E-state index is 0.0922. The molecule has 0 fully saturated rings. The maximum absolute atomic E-state index is 12.6. The number of rotatable bonds is 3. The number of fused-ring (bicyclic) bond motifs is 1. The molecule has 1 aliphatic heterocycles. The minimum Gasteiger partial charge on any atom is -0.373 e. The first kappa shape index (κ1) is 15.4. The summed E-state index contributed by atoms with van der Waals surface area (Å²) in [5, 5.41) is 9.85. The molecule has 2 heterocycles. The second-order valence-electron chi connectivity index (χ2n) is 6.40. The van der Waals surface area contributed by atoms with Crippen LogP contribution in [0.4, 0.5) is 11.4 Å². The zero-order valence-corrected chi connectivity index (χ0v) is 14.2. The van der Waals surface area contributed by atoms with Crippen molar-refractivity contribution in [2.45, 2.75) is 12.8 Å². The Kier molecular flexibility index (Phi) is 3.72. The first-order valence-electron chi connectivity index (χ1n) is 8.20. The molecule has 0 bridgehead atoms. The molecule has 1 aromatic heterocycles. The number of nitrogens with zero attached hydrogens (tertiary/aromatic N) is 3. The molecule has 1 atom stereocenters. The van der Waals surface area contributed by atoms with Gasteiger partial charge in [0.1, 0.15) is 12.2 Å². The standard InChI is InChI=1S/C19H19N5O/c1-12-3-6-14(7-4-12)22-19(25)13-5-8-17-15(9-13)16(10-24(17)2)18-20-11-21-23-18/h3-9,11,16H,10H2,1-2H3,(H,22,25)(H,20,21,23).